The minimum atomic E-state index is -0.139. The molecule has 0 aliphatic rings. The summed E-state index contributed by atoms with van der Waals surface area (Å²) in [5.41, 5.74) is 5.19. The molecule has 0 unspecified atom stereocenters. The molecule has 0 rings (SSSR count). The third-order valence-corrected chi connectivity index (χ3v) is 0.810. The summed E-state index contributed by atoms with van der Waals surface area (Å²) in [6.07, 6.45) is 2.56. The van der Waals surface area contributed by atoms with Crippen molar-refractivity contribution in [3.63, 3.8) is 0 Å². The van der Waals surface area contributed by atoms with Gasteiger partial charge in [-0.1, -0.05) is 11.6 Å². The van der Waals surface area contributed by atoms with Gasteiger partial charge in [0.1, 0.15) is 11.0 Å². The quantitative estimate of drug-likeness (QED) is 0.423. The molecule has 0 saturated carbocycles. The van der Waals surface area contributed by atoms with Gasteiger partial charge in [-0.15, -0.1) is 0 Å². The second-order valence-corrected chi connectivity index (χ2v) is 2.23. The van der Waals surface area contributed by atoms with Crippen LogP contribution in [0.4, 0.5) is 0 Å². The number of hydrogen-bond donors (Lipinski definition) is 3. The van der Waals surface area contributed by atoms with E-state index in [-0.39, 0.29) is 11.0 Å². The van der Waals surface area contributed by atoms with Crippen molar-refractivity contribution in [3.8, 4) is 0 Å². The van der Waals surface area contributed by atoms with Crippen LogP contribution in [-0.4, -0.2) is 16.8 Å². The lowest BCUT2D eigenvalue weighted by Crippen LogP contribution is -2.07. The third-order valence-electron chi connectivity index (χ3n) is 0.684. The highest BCUT2D eigenvalue weighted by Crippen LogP contribution is 1.86. The van der Waals surface area contributed by atoms with Crippen molar-refractivity contribution in [2.75, 3.05) is 0 Å². The first-order chi connectivity index (χ1) is 5.02. The molecule has 11 heavy (non-hydrogen) atoms. The van der Waals surface area contributed by atoms with Crippen LogP contribution < -0.4 is 5.73 Å². The standard InChI is InChI=1S/C6H9ClN4/c1-4(8)11-6(10)3-2-5(7)9/h2-3,9H,1H3,(H3,8,10,11)/b3-2-,9-5?. The van der Waals surface area contributed by atoms with Crippen molar-refractivity contribution < 1.29 is 0 Å². The van der Waals surface area contributed by atoms with Gasteiger partial charge in [-0.25, -0.2) is 4.99 Å². The molecule has 4 nitrogen and oxygen atoms in total. The fourth-order valence-corrected chi connectivity index (χ4v) is 0.442. The number of halogens is 1. The van der Waals surface area contributed by atoms with E-state index in [1.54, 1.807) is 6.92 Å². The Kier molecular flexibility index (Phi) is 4.14. The number of nitrogens with zero attached hydrogens (tertiary/aromatic N) is 1. The molecule has 0 aliphatic heterocycles. The van der Waals surface area contributed by atoms with Gasteiger partial charge in [-0.3, -0.25) is 10.8 Å². The van der Waals surface area contributed by atoms with Crippen LogP contribution in [0, 0.1) is 10.8 Å². The van der Waals surface area contributed by atoms with Gasteiger partial charge in [-0.05, 0) is 19.1 Å². The van der Waals surface area contributed by atoms with Crippen LogP contribution in [0.15, 0.2) is 17.1 Å². The molecule has 0 amide bonds. The van der Waals surface area contributed by atoms with Gasteiger partial charge in [0.15, 0.2) is 0 Å². The van der Waals surface area contributed by atoms with Gasteiger partial charge in [0.25, 0.3) is 0 Å². The predicted molar refractivity (Wildman–Crippen MR) is 47.7 cm³/mol. The molecule has 0 aromatic rings. The molecule has 0 aromatic carbocycles. The highest BCUT2D eigenvalue weighted by atomic mass is 35.5. The summed E-state index contributed by atoms with van der Waals surface area (Å²) in [4.78, 5) is 3.58. The molecule has 5 heteroatoms. The summed E-state index contributed by atoms with van der Waals surface area (Å²) in [6.45, 7) is 1.58. The van der Waals surface area contributed by atoms with Gasteiger partial charge < -0.3 is 5.73 Å². The van der Waals surface area contributed by atoms with Crippen molar-refractivity contribution in [1.29, 1.82) is 10.8 Å². The molecule has 0 aliphatic carbocycles. The van der Waals surface area contributed by atoms with E-state index in [1.165, 1.54) is 12.2 Å². The first-order valence-electron chi connectivity index (χ1n) is 2.84. The second kappa shape index (κ2) is 4.62. The lowest BCUT2D eigenvalue weighted by atomic mass is 10.5. The highest BCUT2D eigenvalue weighted by Gasteiger charge is 1.86. The Bertz CT molecular complexity index is 225. The molecule has 0 atom stereocenters. The zero-order chi connectivity index (χ0) is 8.85. The smallest absolute Gasteiger partial charge is 0.146 e. The summed E-state index contributed by atoms with van der Waals surface area (Å²) in [5.74, 6) is 0.288. The van der Waals surface area contributed by atoms with Crippen molar-refractivity contribution in [3.05, 3.63) is 12.2 Å². The van der Waals surface area contributed by atoms with E-state index in [0.29, 0.717) is 5.84 Å². The highest BCUT2D eigenvalue weighted by molar-refractivity contribution is 6.67. The Morgan fingerprint density at radius 1 is 1.45 bits per heavy atom. The SMILES string of the molecule is CC(N)=NC(=N)/C=C\C(=N)Cl. The molecule has 60 valence electrons. The van der Waals surface area contributed by atoms with Crippen molar-refractivity contribution >= 4 is 28.4 Å². The predicted octanol–water partition coefficient (Wildman–Crippen LogP) is 1.11. The number of hydrogen-bond acceptors (Lipinski definition) is 2. The maximum Gasteiger partial charge on any atom is 0.146 e. The number of aliphatic imine (C=N–C) groups is 1. The van der Waals surface area contributed by atoms with E-state index in [9.17, 15) is 0 Å². The van der Waals surface area contributed by atoms with Gasteiger partial charge in [-0.2, -0.15) is 0 Å². The largest absolute Gasteiger partial charge is 0.387 e. The summed E-state index contributed by atoms with van der Waals surface area (Å²) in [6, 6.07) is 0. The first-order valence-corrected chi connectivity index (χ1v) is 3.21. The monoisotopic (exact) mass is 172 g/mol. The fraction of sp³-hybridized carbons (Fsp3) is 0.167. The molecular formula is C6H9ClN4. The van der Waals surface area contributed by atoms with Crippen LogP contribution in [0.5, 0.6) is 0 Å². The van der Waals surface area contributed by atoms with Gasteiger partial charge in [0.05, 0.1) is 5.84 Å². The van der Waals surface area contributed by atoms with Gasteiger partial charge in [0, 0.05) is 0 Å². The summed E-state index contributed by atoms with van der Waals surface area (Å²) in [5, 5.41) is 13.7. The Morgan fingerprint density at radius 2 is 2.00 bits per heavy atom. The van der Waals surface area contributed by atoms with Crippen LogP contribution in [0.2, 0.25) is 0 Å². The summed E-state index contributed by atoms with van der Waals surface area (Å²) < 4.78 is 0. The Hall–Kier alpha value is -1.16. The molecule has 0 fully saturated rings. The number of allylic oxidation sites excluding steroid dienone is 1. The van der Waals surface area contributed by atoms with Crippen molar-refractivity contribution in [1.82, 2.24) is 0 Å². The van der Waals surface area contributed by atoms with Crippen molar-refractivity contribution in [2.24, 2.45) is 10.7 Å². The van der Waals surface area contributed by atoms with Gasteiger partial charge in [0.2, 0.25) is 0 Å². The zero-order valence-corrected chi connectivity index (χ0v) is 6.81. The van der Waals surface area contributed by atoms with E-state index in [2.05, 4.69) is 4.99 Å². The molecule has 0 bridgehead atoms. The maximum atomic E-state index is 7.10. The fourth-order valence-electron chi connectivity index (χ4n) is 0.379. The number of nitrogens with two attached hydrogens (primary N) is 1. The van der Waals surface area contributed by atoms with E-state index in [0.717, 1.165) is 0 Å². The Balaban J connectivity index is 4.09. The van der Waals surface area contributed by atoms with Crippen LogP contribution in [0.1, 0.15) is 6.92 Å². The average molecular weight is 173 g/mol. The number of amidine groups is 2. The lowest BCUT2D eigenvalue weighted by Gasteiger charge is -1.88. The molecule has 0 spiro atoms. The average Bonchev–Trinajstić information content (AvgIpc) is 1.82. The van der Waals surface area contributed by atoms with Crippen molar-refractivity contribution in [2.45, 2.75) is 6.92 Å². The summed E-state index contributed by atoms with van der Waals surface area (Å²) >= 11 is 5.18. The molecular weight excluding hydrogens is 164 g/mol. The summed E-state index contributed by atoms with van der Waals surface area (Å²) in [7, 11) is 0. The van der Waals surface area contributed by atoms with Gasteiger partial charge >= 0.3 is 0 Å². The minimum absolute atomic E-state index is 0.0181. The van der Waals surface area contributed by atoms with E-state index < -0.39 is 0 Å². The maximum absolute atomic E-state index is 7.10. The zero-order valence-electron chi connectivity index (χ0n) is 6.06. The van der Waals surface area contributed by atoms with E-state index >= 15 is 0 Å². The van der Waals surface area contributed by atoms with Crippen LogP contribution in [0.3, 0.4) is 0 Å². The minimum Gasteiger partial charge on any atom is -0.387 e. The molecule has 0 heterocycles. The van der Waals surface area contributed by atoms with E-state index in [1.807, 2.05) is 0 Å². The Morgan fingerprint density at radius 3 is 2.36 bits per heavy atom. The molecule has 0 aromatic heterocycles. The van der Waals surface area contributed by atoms with Crippen LogP contribution in [-0.2, 0) is 0 Å². The first kappa shape index (κ1) is 9.84. The van der Waals surface area contributed by atoms with E-state index in [4.69, 9.17) is 28.2 Å². The molecule has 0 radical (unpaired) electrons. The third kappa shape index (κ3) is 6.73. The van der Waals surface area contributed by atoms with Crippen LogP contribution in [0.25, 0.3) is 0 Å². The lowest BCUT2D eigenvalue weighted by molar-refractivity contribution is 1.43. The number of rotatable bonds is 2. The molecule has 4 N–H and O–H groups in total. The topological polar surface area (TPSA) is 86.1 Å². The number of nitrogens with one attached hydrogen (secondary N) is 2. The normalized spacial score (nSPS) is 12.0. The molecule has 0 saturated heterocycles. The van der Waals surface area contributed by atoms with Crippen LogP contribution >= 0.6 is 11.6 Å². The second-order valence-electron chi connectivity index (χ2n) is 1.82. The Labute approximate surface area is 69.8 Å².